The van der Waals surface area contributed by atoms with Crippen molar-refractivity contribution in [3.63, 3.8) is 0 Å². The van der Waals surface area contributed by atoms with E-state index in [1.807, 2.05) is 6.92 Å². The van der Waals surface area contributed by atoms with Gasteiger partial charge >= 0.3 is 5.97 Å². The summed E-state index contributed by atoms with van der Waals surface area (Å²) in [6, 6.07) is 6.12. The van der Waals surface area contributed by atoms with Crippen molar-refractivity contribution in [1.82, 2.24) is 0 Å². The summed E-state index contributed by atoms with van der Waals surface area (Å²) in [7, 11) is 1.29. The van der Waals surface area contributed by atoms with Crippen molar-refractivity contribution in [3.05, 3.63) is 45.8 Å². The minimum Gasteiger partial charge on any atom is -0.484 e. The number of nitrogens with two attached hydrogens (primary N) is 1. The first-order valence-electron chi connectivity index (χ1n) is 7.34. The molecule has 25 heavy (non-hydrogen) atoms. The van der Waals surface area contributed by atoms with Crippen LogP contribution < -0.4 is 15.8 Å². The second kappa shape index (κ2) is 7.80. The number of carbonyl (C=O) groups is 3. The third kappa shape index (κ3) is 4.36. The zero-order valence-corrected chi connectivity index (χ0v) is 14.9. The molecular formula is C17H18N2O5S. The summed E-state index contributed by atoms with van der Waals surface area (Å²) >= 11 is 1.30. The van der Waals surface area contributed by atoms with Crippen LogP contribution in [0.4, 0.5) is 5.00 Å². The fraction of sp³-hybridized carbons (Fsp3) is 0.235. The summed E-state index contributed by atoms with van der Waals surface area (Å²) in [5.74, 6) is -1.03. The number of primary amides is 1. The number of nitrogens with one attached hydrogen (secondary N) is 1. The zero-order chi connectivity index (χ0) is 18.6. The average Bonchev–Trinajstić information content (AvgIpc) is 2.86. The van der Waals surface area contributed by atoms with E-state index in [1.54, 1.807) is 19.1 Å². The van der Waals surface area contributed by atoms with Crippen molar-refractivity contribution in [2.75, 3.05) is 19.0 Å². The van der Waals surface area contributed by atoms with Crippen molar-refractivity contribution in [2.24, 2.45) is 5.73 Å². The monoisotopic (exact) mass is 362 g/mol. The molecule has 2 amide bonds. The first-order chi connectivity index (χ1) is 11.8. The Morgan fingerprint density at radius 2 is 1.80 bits per heavy atom. The van der Waals surface area contributed by atoms with Crippen molar-refractivity contribution >= 4 is 34.1 Å². The maximum atomic E-state index is 12.1. The second-order valence-electron chi connectivity index (χ2n) is 5.20. The number of carbonyl (C=O) groups excluding carboxylic acids is 3. The van der Waals surface area contributed by atoms with Crippen LogP contribution in [0.15, 0.2) is 24.3 Å². The van der Waals surface area contributed by atoms with Gasteiger partial charge in [-0.3, -0.25) is 9.59 Å². The molecule has 8 heteroatoms. The smallest absolute Gasteiger partial charge is 0.341 e. The molecule has 1 aromatic carbocycles. The Morgan fingerprint density at radius 1 is 1.16 bits per heavy atom. The van der Waals surface area contributed by atoms with E-state index in [1.165, 1.54) is 30.6 Å². The van der Waals surface area contributed by atoms with Gasteiger partial charge in [-0.1, -0.05) is 0 Å². The van der Waals surface area contributed by atoms with E-state index in [-0.39, 0.29) is 6.61 Å². The van der Waals surface area contributed by atoms with Crippen LogP contribution in [-0.4, -0.2) is 31.5 Å². The maximum absolute atomic E-state index is 12.1. The molecular weight excluding hydrogens is 344 g/mol. The number of anilines is 1. The number of benzene rings is 1. The van der Waals surface area contributed by atoms with Gasteiger partial charge in [0.2, 0.25) is 5.91 Å². The van der Waals surface area contributed by atoms with Gasteiger partial charge in [0.05, 0.1) is 12.7 Å². The molecule has 1 heterocycles. The van der Waals surface area contributed by atoms with E-state index in [4.69, 9.17) is 15.2 Å². The van der Waals surface area contributed by atoms with E-state index in [0.29, 0.717) is 21.9 Å². The van der Waals surface area contributed by atoms with Crippen LogP contribution in [0.3, 0.4) is 0 Å². The van der Waals surface area contributed by atoms with Gasteiger partial charge in [-0.25, -0.2) is 4.79 Å². The summed E-state index contributed by atoms with van der Waals surface area (Å²) in [5.41, 5.74) is 6.63. The summed E-state index contributed by atoms with van der Waals surface area (Å²) in [5, 5.41) is 3.10. The number of rotatable bonds is 6. The van der Waals surface area contributed by atoms with Crippen molar-refractivity contribution < 1.29 is 23.9 Å². The highest BCUT2D eigenvalue weighted by atomic mass is 32.1. The van der Waals surface area contributed by atoms with Gasteiger partial charge in [-0.05, 0) is 43.7 Å². The summed E-state index contributed by atoms with van der Waals surface area (Å²) < 4.78 is 10.1. The molecule has 0 aliphatic heterocycles. The van der Waals surface area contributed by atoms with Crippen LogP contribution in [-0.2, 0) is 9.53 Å². The SMILES string of the molecule is COC(=O)c1c(NC(=O)COc2ccc(C(N)=O)cc2)sc(C)c1C. The van der Waals surface area contributed by atoms with Crippen LogP contribution >= 0.6 is 11.3 Å². The minimum atomic E-state index is -0.539. The van der Waals surface area contributed by atoms with Gasteiger partial charge in [0.15, 0.2) is 6.61 Å². The van der Waals surface area contributed by atoms with Crippen molar-refractivity contribution in [2.45, 2.75) is 13.8 Å². The fourth-order valence-electron chi connectivity index (χ4n) is 2.09. The molecule has 2 rings (SSSR count). The third-order valence-corrected chi connectivity index (χ3v) is 4.66. The summed E-state index contributed by atoms with van der Waals surface area (Å²) in [6.45, 7) is 3.41. The standard InChI is InChI=1S/C17H18N2O5S/c1-9-10(2)25-16(14(9)17(22)23-3)19-13(20)8-24-12-6-4-11(5-7-12)15(18)21/h4-7H,8H2,1-3H3,(H2,18,21)(H,19,20). The molecule has 0 atom stereocenters. The molecule has 0 spiro atoms. The topological polar surface area (TPSA) is 108 Å². The Hall–Kier alpha value is -2.87. The van der Waals surface area contributed by atoms with E-state index in [0.717, 1.165) is 10.4 Å². The first kappa shape index (κ1) is 18.5. The van der Waals surface area contributed by atoms with Gasteiger partial charge in [0.25, 0.3) is 5.91 Å². The molecule has 2 aromatic rings. The van der Waals surface area contributed by atoms with E-state index in [2.05, 4.69) is 5.32 Å². The number of ether oxygens (including phenoxy) is 2. The lowest BCUT2D eigenvalue weighted by atomic mass is 10.1. The number of amides is 2. The maximum Gasteiger partial charge on any atom is 0.341 e. The molecule has 0 unspecified atom stereocenters. The van der Waals surface area contributed by atoms with Crippen molar-refractivity contribution in [1.29, 1.82) is 0 Å². The van der Waals surface area contributed by atoms with Gasteiger partial charge in [0, 0.05) is 10.4 Å². The highest BCUT2D eigenvalue weighted by Gasteiger charge is 2.21. The lowest BCUT2D eigenvalue weighted by Crippen LogP contribution is -2.21. The van der Waals surface area contributed by atoms with E-state index in [9.17, 15) is 14.4 Å². The number of hydrogen-bond donors (Lipinski definition) is 2. The predicted molar refractivity (Wildman–Crippen MR) is 94.2 cm³/mol. The molecule has 132 valence electrons. The van der Waals surface area contributed by atoms with Crippen LogP contribution in [0.1, 0.15) is 31.2 Å². The summed E-state index contributed by atoms with van der Waals surface area (Å²) in [6.07, 6.45) is 0. The lowest BCUT2D eigenvalue weighted by molar-refractivity contribution is -0.118. The molecule has 0 aliphatic rings. The number of hydrogen-bond acceptors (Lipinski definition) is 6. The van der Waals surface area contributed by atoms with Gasteiger partial charge in [-0.15, -0.1) is 11.3 Å². The van der Waals surface area contributed by atoms with Crippen LogP contribution in [0.25, 0.3) is 0 Å². The Kier molecular flexibility index (Phi) is 5.76. The van der Waals surface area contributed by atoms with Gasteiger partial charge in [-0.2, -0.15) is 0 Å². The number of esters is 1. The lowest BCUT2D eigenvalue weighted by Gasteiger charge is -2.08. The number of methoxy groups -OCH3 is 1. The van der Waals surface area contributed by atoms with Crippen LogP contribution in [0, 0.1) is 13.8 Å². The normalized spacial score (nSPS) is 10.2. The molecule has 0 fully saturated rings. The molecule has 0 radical (unpaired) electrons. The van der Waals surface area contributed by atoms with E-state index >= 15 is 0 Å². The second-order valence-corrected chi connectivity index (χ2v) is 6.43. The van der Waals surface area contributed by atoms with Gasteiger partial charge in [0.1, 0.15) is 10.8 Å². The fourth-order valence-corrected chi connectivity index (χ4v) is 3.15. The molecule has 3 N–H and O–H groups in total. The number of aryl methyl sites for hydroxylation is 1. The predicted octanol–water partition coefficient (Wildman–Crippen LogP) is 2.27. The highest BCUT2D eigenvalue weighted by Crippen LogP contribution is 2.32. The molecule has 0 aliphatic carbocycles. The molecule has 0 bridgehead atoms. The molecule has 0 saturated carbocycles. The zero-order valence-electron chi connectivity index (χ0n) is 14.0. The van der Waals surface area contributed by atoms with Crippen LogP contribution in [0.5, 0.6) is 5.75 Å². The van der Waals surface area contributed by atoms with Crippen molar-refractivity contribution in [3.8, 4) is 5.75 Å². The quantitative estimate of drug-likeness (QED) is 0.767. The third-order valence-electron chi connectivity index (χ3n) is 3.54. The Labute approximate surface area is 148 Å². The first-order valence-corrected chi connectivity index (χ1v) is 8.16. The minimum absolute atomic E-state index is 0.244. The number of thiophene rings is 1. The molecule has 1 aromatic heterocycles. The van der Waals surface area contributed by atoms with Gasteiger partial charge < -0.3 is 20.5 Å². The average molecular weight is 362 g/mol. The molecule has 7 nitrogen and oxygen atoms in total. The highest BCUT2D eigenvalue weighted by molar-refractivity contribution is 7.16. The Morgan fingerprint density at radius 3 is 2.36 bits per heavy atom. The largest absolute Gasteiger partial charge is 0.484 e. The summed E-state index contributed by atoms with van der Waals surface area (Å²) in [4.78, 5) is 35.9. The Bertz CT molecular complexity index is 811. The van der Waals surface area contributed by atoms with E-state index < -0.39 is 17.8 Å². The Balaban J connectivity index is 2.02. The molecule has 0 saturated heterocycles. The van der Waals surface area contributed by atoms with Crippen LogP contribution in [0.2, 0.25) is 0 Å².